The standard InChI is InChI=1S/C21H29N5O4/c27-20(16-3-1-4-16)24-10-2-9-23(13-14-24)18-6-5-17(15-19(18)26(29)30)21(28)25-11-7-22-8-12-25/h5-6,15-16,22H,1-4,7-14H2. The van der Waals surface area contributed by atoms with E-state index in [0.717, 1.165) is 38.8 Å². The highest BCUT2D eigenvalue weighted by atomic mass is 16.6. The highest BCUT2D eigenvalue weighted by molar-refractivity contribution is 5.96. The molecule has 0 bridgehead atoms. The van der Waals surface area contributed by atoms with Crippen LogP contribution in [0.4, 0.5) is 11.4 Å². The first-order chi connectivity index (χ1) is 14.5. The molecule has 1 N–H and O–H groups in total. The molecule has 0 unspecified atom stereocenters. The third-order valence-corrected chi connectivity index (χ3v) is 6.43. The summed E-state index contributed by atoms with van der Waals surface area (Å²) < 4.78 is 0. The maximum absolute atomic E-state index is 12.8. The summed E-state index contributed by atoms with van der Waals surface area (Å²) in [5.74, 6) is 0.232. The highest BCUT2D eigenvalue weighted by Crippen LogP contribution is 2.32. The quantitative estimate of drug-likeness (QED) is 0.591. The lowest BCUT2D eigenvalue weighted by Crippen LogP contribution is -2.46. The molecule has 162 valence electrons. The molecule has 1 aliphatic carbocycles. The van der Waals surface area contributed by atoms with E-state index in [1.165, 1.54) is 6.07 Å². The average molecular weight is 415 g/mol. The molecule has 2 amide bonds. The summed E-state index contributed by atoms with van der Waals surface area (Å²) in [6.07, 6.45) is 3.86. The minimum atomic E-state index is -0.411. The summed E-state index contributed by atoms with van der Waals surface area (Å²) in [5.41, 5.74) is 0.827. The van der Waals surface area contributed by atoms with Gasteiger partial charge in [-0.15, -0.1) is 0 Å². The predicted octanol–water partition coefficient (Wildman–Crippen LogP) is 1.48. The van der Waals surface area contributed by atoms with E-state index in [1.54, 1.807) is 17.0 Å². The van der Waals surface area contributed by atoms with E-state index < -0.39 is 4.92 Å². The fourth-order valence-electron chi connectivity index (χ4n) is 4.41. The van der Waals surface area contributed by atoms with Crippen molar-refractivity contribution in [2.45, 2.75) is 25.7 Å². The van der Waals surface area contributed by atoms with Gasteiger partial charge in [0.2, 0.25) is 5.91 Å². The van der Waals surface area contributed by atoms with Gasteiger partial charge in [0.1, 0.15) is 5.69 Å². The van der Waals surface area contributed by atoms with Crippen LogP contribution in [0.15, 0.2) is 18.2 Å². The smallest absolute Gasteiger partial charge is 0.293 e. The highest BCUT2D eigenvalue weighted by Gasteiger charge is 2.31. The number of anilines is 1. The first kappa shape index (κ1) is 20.6. The normalized spacial score (nSPS) is 20.5. The molecule has 2 saturated heterocycles. The van der Waals surface area contributed by atoms with Crippen LogP contribution in [0.5, 0.6) is 0 Å². The summed E-state index contributed by atoms with van der Waals surface area (Å²) >= 11 is 0. The second-order valence-electron chi connectivity index (χ2n) is 8.30. The molecule has 9 heteroatoms. The Kier molecular flexibility index (Phi) is 6.17. The number of hydrogen-bond acceptors (Lipinski definition) is 6. The van der Waals surface area contributed by atoms with Gasteiger partial charge in [0.15, 0.2) is 0 Å². The second kappa shape index (κ2) is 8.99. The zero-order chi connectivity index (χ0) is 21.1. The molecular weight excluding hydrogens is 386 g/mol. The fraction of sp³-hybridized carbons (Fsp3) is 0.619. The zero-order valence-corrected chi connectivity index (χ0v) is 17.2. The summed E-state index contributed by atoms with van der Waals surface area (Å²) in [6.45, 7) is 5.15. The van der Waals surface area contributed by atoms with Crippen LogP contribution in [0.2, 0.25) is 0 Å². The largest absolute Gasteiger partial charge is 0.364 e. The lowest BCUT2D eigenvalue weighted by atomic mass is 9.84. The van der Waals surface area contributed by atoms with E-state index in [9.17, 15) is 19.7 Å². The first-order valence-electron chi connectivity index (χ1n) is 10.9. The second-order valence-corrected chi connectivity index (χ2v) is 8.30. The van der Waals surface area contributed by atoms with Gasteiger partial charge in [0.25, 0.3) is 11.6 Å². The first-order valence-corrected chi connectivity index (χ1v) is 10.9. The summed E-state index contributed by atoms with van der Waals surface area (Å²) in [5, 5.41) is 15.0. The van der Waals surface area contributed by atoms with E-state index in [-0.39, 0.29) is 23.4 Å². The van der Waals surface area contributed by atoms with Crippen LogP contribution in [0.1, 0.15) is 36.0 Å². The monoisotopic (exact) mass is 415 g/mol. The van der Waals surface area contributed by atoms with Crippen molar-refractivity contribution in [1.29, 1.82) is 0 Å². The molecule has 4 rings (SSSR count). The van der Waals surface area contributed by atoms with Crippen LogP contribution < -0.4 is 10.2 Å². The van der Waals surface area contributed by atoms with Crippen LogP contribution in [-0.4, -0.2) is 78.9 Å². The molecule has 3 aliphatic rings. The molecule has 2 aliphatic heterocycles. The van der Waals surface area contributed by atoms with Crippen LogP contribution >= 0.6 is 0 Å². The number of benzene rings is 1. The SMILES string of the molecule is O=C(c1ccc(N2CCCN(C(=O)C3CCC3)CC2)c([N+](=O)[O-])c1)N1CCNCC1. The third-order valence-electron chi connectivity index (χ3n) is 6.43. The van der Waals surface area contributed by atoms with Gasteiger partial charge in [-0.05, 0) is 31.4 Å². The Balaban J connectivity index is 1.49. The van der Waals surface area contributed by atoms with Gasteiger partial charge < -0.3 is 20.0 Å². The van der Waals surface area contributed by atoms with Gasteiger partial charge in [-0.3, -0.25) is 19.7 Å². The maximum atomic E-state index is 12.8. The van der Waals surface area contributed by atoms with Crippen molar-refractivity contribution in [3.8, 4) is 0 Å². The Hall–Kier alpha value is -2.68. The van der Waals surface area contributed by atoms with Crippen molar-refractivity contribution in [3.63, 3.8) is 0 Å². The van der Waals surface area contributed by atoms with Crippen LogP contribution in [0.3, 0.4) is 0 Å². The van der Waals surface area contributed by atoms with Gasteiger partial charge in [0.05, 0.1) is 4.92 Å². The minimum absolute atomic E-state index is 0.0465. The number of carbonyl (C=O) groups is 2. The van der Waals surface area contributed by atoms with Gasteiger partial charge in [0, 0.05) is 69.9 Å². The topological polar surface area (TPSA) is 99.0 Å². The molecule has 0 radical (unpaired) electrons. The van der Waals surface area contributed by atoms with Crippen LogP contribution in [0, 0.1) is 16.0 Å². The third kappa shape index (κ3) is 4.26. The lowest BCUT2D eigenvalue weighted by molar-refractivity contribution is -0.384. The van der Waals surface area contributed by atoms with Gasteiger partial charge >= 0.3 is 0 Å². The number of hydrogen-bond donors (Lipinski definition) is 1. The van der Waals surface area contributed by atoms with E-state index in [0.29, 0.717) is 50.5 Å². The lowest BCUT2D eigenvalue weighted by Gasteiger charge is -2.31. The Labute approximate surface area is 176 Å². The maximum Gasteiger partial charge on any atom is 0.293 e. The van der Waals surface area contributed by atoms with E-state index in [1.807, 2.05) is 9.80 Å². The van der Waals surface area contributed by atoms with Gasteiger partial charge in [-0.2, -0.15) is 0 Å². The molecule has 0 spiro atoms. The van der Waals surface area contributed by atoms with Gasteiger partial charge in [-0.25, -0.2) is 0 Å². The Morgan fingerprint density at radius 2 is 1.73 bits per heavy atom. The Bertz CT molecular complexity index is 820. The number of carbonyl (C=O) groups excluding carboxylic acids is 2. The Morgan fingerprint density at radius 1 is 0.967 bits per heavy atom. The fourth-order valence-corrected chi connectivity index (χ4v) is 4.41. The van der Waals surface area contributed by atoms with Crippen molar-refractivity contribution < 1.29 is 14.5 Å². The number of nitrogens with one attached hydrogen (secondary N) is 1. The molecule has 30 heavy (non-hydrogen) atoms. The van der Waals surface area contributed by atoms with Crippen LogP contribution in [-0.2, 0) is 4.79 Å². The molecule has 0 aromatic heterocycles. The molecule has 1 aromatic carbocycles. The van der Waals surface area contributed by atoms with E-state index in [4.69, 9.17) is 0 Å². The predicted molar refractivity (Wildman–Crippen MR) is 113 cm³/mol. The number of amides is 2. The number of nitro benzene ring substituents is 1. The van der Waals surface area contributed by atoms with E-state index >= 15 is 0 Å². The van der Waals surface area contributed by atoms with Crippen molar-refractivity contribution in [3.05, 3.63) is 33.9 Å². The van der Waals surface area contributed by atoms with Crippen LogP contribution in [0.25, 0.3) is 0 Å². The minimum Gasteiger partial charge on any atom is -0.364 e. The van der Waals surface area contributed by atoms with Crippen molar-refractivity contribution >= 4 is 23.2 Å². The summed E-state index contributed by atoms with van der Waals surface area (Å²) in [6, 6.07) is 4.79. The number of nitro groups is 1. The van der Waals surface area contributed by atoms with Crippen molar-refractivity contribution in [2.24, 2.45) is 5.92 Å². The molecule has 1 aromatic rings. The molecule has 3 fully saturated rings. The number of piperazine rings is 1. The Morgan fingerprint density at radius 3 is 2.40 bits per heavy atom. The summed E-state index contributed by atoms with van der Waals surface area (Å²) in [4.78, 5) is 42.3. The van der Waals surface area contributed by atoms with Gasteiger partial charge in [-0.1, -0.05) is 6.42 Å². The van der Waals surface area contributed by atoms with E-state index in [2.05, 4.69) is 5.32 Å². The zero-order valence-electron chi connectivity index (χ0n) is 17.2. The number of rotatable bonds is 4. The van der Waals surface area contributed by atoms with Crippen molar-refractivity contribution in [1.82, 2.24) is 15.1 Å². The molecule has 2 heterocycles. The summed E-state index contributed by atoms with van der Waals surface area (Å²) in [7, 11) is 0. The number of nitrogens with zero attached hydrogens (tertiary/aromatic N) is 4. The molecule has 1 saturated carbocycles. The molecule has 9 nitrogen and oxygen atoms in total. The molecular formula is C21H29N5O4. The average Bonchev–Trinajstić information content (AvgIpc) is 2.98. The molecule has 0 atom stereocenters. The van der Waals surface area contributed by atoms with Crippen molar-refractivity contribution in [2.75, 3.05) is 57.3 Å².